The van der Waals surface area contributed by atoms with E-state index in [0.29, 0.717) is 0 Å². The summed E-state index contributed by atoms with van der Waals surface area (Å²) in [6.07, 6.45) is 0. The van der Waals surface area contributed by atoms with Gasteiger partial charge in [0.25, 0.3) is 0 Å². The molecular weight excluding hydrogens is 217 g/mol. The van der Waals surface area contributed by atoms with Crippen LogP contribution in [0.4, 0.5) is 18.9 Å². The minimum Gasteiger partial charge on any atom is -0.865 e. The number of carboxylic acid groups (broad SMARTS) is 1. The van der Waals surface area contributed by atoms with Crippen LogP contribution in [0.15, 0.2) is 0 Å². The van der Waals surface area contributed by atoms with Crippen molar-refractivity contribution in [3.63, 3.8) is 0 Å². The number of benzene rings is 1. The van der Waals surface area contributed by atoms with E-state index in [9.17, 15) is 23.1 Å². The maximum Gasteiger partial charge on any atom is 0.398 e. The smallest absolute Gasteiger partial charge is 0.398 e. The highest BCUT2D eigenvalue weighted by atomic mass is 19.2. The van der Waals surface area contributed by atoms with Crippen LogP contribution in [-0.2, 0) is 0 Å². The largest absolute Gasteiger partial charge is 0.865 e. The Morgan fingerprint density at radius 2 is 1.80 bits per heavy atom. The summed E-state index contributed by atoms with van der Waals surface area (Å²) in [7, 11) is 0. The van der Waals surface area contributed by atoms with Crippen molar-refractivity contribution in [2.45, 2.75) is 0 Å². The lowest BCUT2D eigenvalue weighted by Crippen LogP contribution is -2.09. The van der Waals surface area contributed by atoms with Crippen LogP contribution >= 0.6 is 0 Å². The Balaban J connectivity index is 3.80. The van der Waals surface area contributed by atoms with Gasteiger partial charge in [-0.15, -0.1) is 0 Å². The number of hydrogen-bond acceptors (Lipinski definition) is 3. The minimum absolute atomic E-state index is 1.39. The van der Waals surface area contributed by atoms with Crippen LogP contribution in [0, 0.1) is 22.8 Å². The van der Waals surface area contributed by atoms with Gasteiger partial charge in [0, 0.05) is 5.75 Å². The molecule has 1 aromatic carbocycles. The summed E-state index contributed by atoms with van der Waals surface area (Å²) in [6, 6.07) is 0. The molecule has 0 saturated carbocycles. The molecule has 8 heteroatoms. The van der Waals surface area contributed by atoms with Crippen LogP contribution in [-0.4, -0.2) is 11.1 Å². The topological polar surface area (TPSA) is 88.5 Å². The fraction of sp³-hybridized carbons (Fsp3) is 0. The number of carbonyl (C=O) groups is 1. The van der Waals surface area contributed by atoms with Crippen molar-refractivity contribution in [2.24, 2.45) is 0 Å². The molecule has 1 aromatic rings. The Labute approximate surface area is 80.0 Å². The number of carboxylic acids is 1. The Hall–Kier alpha value is -2.30. The molecule has 0 radical (unpaired) electrons. The summed E-state index contributed by atoms with van der Waals surface area (Å²) >= 11 is 0. The van der Waals surface area contributed by atoms with E-state index in [-0.39, 0.29) is 0 Å². The first-order valence-corrected chi connectivity index (χ1v) is 3.37. The van der Waals surface area contributed by atoms with E-state index in [1.54, 1.807) is 0 Å². The lowest BCUT2D eigenvalue weighted by atomic mass is 10.1. The maximum absolute atomic E-state index is 12.8. The van der Waals surface area contributed by atoms with Gasteiger partial charge in [-0.2, -0.15) is 0 Å². The highest BCUT2D eigenvalue weighted by Gasteiger charge is 2.32. The first kappa shape index (κ1) is 10.8. The van der Waals surface area contributed by atoms with Crippen LogP contribution in [0.25, 0.3) is 4.98 Å². The molecule has 0 heterocycles. The zero-order valence-electron chi connectivity index (χ0n) is 6.79. The average Bonchev–Trinajstić information content (AvgIpc) is 2.19. The molecule has 1 rings (SSSR count). The highest BCUT2D eigenvalue weighted by molar-refractivity contribution is 5.96. The van der Waals surface area contributed by atoms with E-state index >= 15 is 0 Å². The molecule has 0 saturated heterocycles. The fourth-order valence-electron chi connectivity index (χ4n) is 0.918. The molecule has 0 aliphatic heterocycles. The van der Waals surface area contributed by atoms with Crippen molar-refractivity contribution in [1.82, 2.24) is 0 Å². The highest BCUT2D eigenvalue weighted by Crippen LogP contribution is 2.35. The Morgan fingerprint density at radius 3 is 2.20 bits per heavy atom. The number of aromatic carboxylic acids is 1. The lowest BCUT2D eigenvalue weighted by Gasteiger charge is -2.06. The third kappa shape index (κ3) is 1.43. The van der Waals surface area contributed by atoms with E-state index in [1.165, 1.54) is 0 Å². The summed E-state index contributed by atoms with van der Waals surface area (Å²) in [5.41, 5.74) is -2.90. The molecule has 0 fully saturated rings. The van der Waals surface area contributed by atoms with E-state index in [0.717, 1.165) is 0 Å². The van der Waals surface area contributed by atoms with Gasteiger partial charge in [-0.05, 0) is 0 Å². The SMILES string of the molecule is N#[N+]c1c([O-])c(F)c(F)c(F)c1C(=O)O. The zero-order valence-corrected chi connectivity index (χ0v) is 6.79. The van der Waals surface area contributed by atoms with Gasteiger partial charge in [0.2, 0.25) is 5.39 Å². The van der Waals surface area contributed by atoms with Gasteiger partial charge in [-0.3, -0.25) is 0 Å². The number of hydrogen-bond donors (Lipinski definition) is 1. The van der Waals surface area contributed by atoms with Gasteiger partial charge in [-0.25, -0.2) is 18.0 Å². The molecule has 0 aliphatic carbocycles. The molecule has 78 valence electrons. The predicted octanol–water partition coefficient (Wildman–Crippen LogP) is 1.36. The van der Waals surface area contributed by atoms with E-state index < -0.39 is 40.4 Å². The Bertz CT molecular complexity index is 495. The number of nitrogens with zero attached hydrogens (tertiary/aromatic N) is 2. The first-order chi connectivity index (χ1) is 6.91. The van der Waals surface area contributed by atoms with Crippen molar-refractivity contribution in [2.75, 3.05) is 0 Å². The normalized spacial score (nSPS) is 9.73. The minimum atomic E-state index is -2.22. The molecule has 15 heavy (non-hydrogen) atoms. The standard InChI is InChI=1S/C7HF3N2O3/c8-2-1(7(14)15)5(12-11)6(13)4(10)3(2)9/h(H-,13,14,15). The van der Waals surface area contributed by atoms with Crippen molar-refractivity contribution in [3.8, 4) is 5.75 Å². The second kappa shape index (κ2) is 3.45. The van der Waals surface area contributed by atoms with Gasteiger partial charge in [0.05, 0.1) is 0 Å². The van der Waals surface area contributed by atoms with Crippen molar-refractivity contribution in [1.29, 1.82) is 5.39 Å². The molecule has 1 N–H and O–H groups in total. The molecule has 0 aromatic heterocycles. The predicted molar refractivity (Wildman–Crippen MR) is 37.5 cm³/mol. The van der Waals surface area contributed by atoms with Crippen LogP contribution in [0.5, 0.6) is 5.75 Å². The summed E-state index contributed by atoms with van der Waals surface area (Å²) in [5, 5.41) is 27.4. The molecule has 0 atom stereocenters. The van der Waals surface area contributed by atoms with Crippen LogP contribution in [0.2, 0.25) is 0 Å². The van der Waals surface area contributed by atoms with Crippen LogP contribution in [0.3, 0.4) is 0 Å². The van der Waals surface area contributed by atoms with Gasteiger partial charge >= 0.3 is 11.7 Å². The van der Waals surface area contributed by atoms with E-state index in [1.807, 2.05) is 0 Å². The monoisotopic (exact) mass is 218 g/mol. The zero-order chi connectivity index (χ0) is 11.7. The molecule has 0 unspecified atom stereocenters. The molecule has 0 amide bonds. The summed E-state index contributed by atoms with van der Waals surface area (Å²) in [4.78, 5) is 12.5. The second-order valence-corrected chi connectivity index (χ2v) is 2.40. The molecule has 0 bridgehead atoms. The maximum atomic E-state index is 12.8. The summed E-state index contributed by atoms with van der Waals surface area (Å²) in [5.74, 6) is -10.3. The average molecular weight is 218 g/mol. The molecule has 0 spiro atoms. The Morgan fingerprint density at radius 1 is 1.27 bits per heavy atom. The number of halogens is 3. The first-order valence-electron chi connectivity index (χ1n) is 3.37. The van der Waals surface area contributed by atoms with Gasteiger partial charge in [-0.1, -0.05) is 0 Å². The summed E-state index contributed by atoms with van der Waals surface area (Å²) in [6.45, 7) is 0. The van der Waals surface area contributed by atoms with E-state index in [2.05, 4.69) is 4.98 Å². The van der Waals surface area contributed by atoms with Crippen LogP contribution < -0.4 is 5.11 Å². The second-order valence-electron chi connectivity index (χ2n) is 2.40. The van der Waals surface area contributed by atoms with Crippen molar-refractivity contribution < 1.29 is 28.2 Å². The Kier molecular flexibility index (Phi) is 2.48. The van der Waals surface area contributed by atoms with Gasteiger partial charge in [0.1, 0.15) is 0 Å². The number of diazo groups is 1. The summed E-state index contributed by atoms with van der Waals surface area (Å²) < 4.78 is 38.0. The molecular formula is C7HF3N2O3. The molecule has 0 aliphatic rings. The number of rotatable bonds is 1. The fourth-order valence-corrected chi connectivity index (χ4v) is 0.918. The van der Waals surface area contributed by atoms with Gasteiger partial charge in [0.15, 0.2) is 28.0 Å². The molecule has 5 nitrogen and oxygen atoms in total. The third-order valence-corrected chi connectivity index (χ3v) is 1.57. The third-order valence-electron chi connectivity index (χ3n) is 1.57. The van der Waals surface area contributed by atoms with E-state index in [4.69, 9.17) is 10.5 Å². The van der Waals surface area contributed by atoms with Gasteiger partial charge < -0.3 is 10.2 Å². The van der Waals surface area contributed by atoms with Crippen LogP contribution in [0.1, 0.15) is 10.4 Å². The van der Waals surface area contributed by atoms with Crippen molar-refractivity contribution in [3.05, 3.63) is 28.0 Å². The quantitative estimate of drug-likeness (QED) is 0.569. The lowest BCUT2D eigenvalue weighted by molar-refractivity contribution is -0.271. The van der Waals surface area contributed by atoms with Crippen molar-refractivity contribution >= 4 is 11.7 Å².